The number of carbonyl (C=O) groups is 1. The van der Waals surface area contributed by atoms with E-state index in [1.165, 1.54) is 22.2 Å². The second-order valence-electron chi connectivity index (χ2n) is 6.24. The molecule has 1 saturated heterocycles. The van der Waals surface area contributed by atoms with E-state index >= 15 is 0 Å². The van der Waals surface area contributed by atoms with Gasteiger partial charge < -0.3 is 9.64 Å². The molecule has 0 radical (unpaired) electrons. The molecule has 7 heteroatoms. The summed E-state index contributed by atoms with van der Waals surface area (Å²) in [6, 6.07) is 11.7. The summed E-state index contributed by atoms with van der Waals surface area (Å²) in [6.45, 7) is 1.98. The zero-order chi connectivity index (χ0) is 17.9. The van der Waals surface area contributed by atoms with Crippen molar-refractivity contribution in [3.05, 3.63) is 64.0 Å². The smallest absolute Gasteiger partial charge is 0.262 e. The third kappa shape index (κ3) is 3.40. The number of thiophene rings is 1. The molecule has 0 bridgehead atoms. The van der Waals surface area contributed by atoms with Gasteiger partial charge >= 0.3 is 0 Å². The Morgan fingerprint density at radius 1 is 1.27 bits per heavy atom. The number of carbonyl (C=O) groups excluding carboxylic acids is 1. The first-order valence-electron chi connectivity index (χ1n) is 8.59. The minimum Gasteiger partial charge on any atom is -0.370 e. The quantitative estimate of drug-likeness (QED) is 0.709. The molecular weight excluding hydrogens is 350 g/mol. The maximum absolute atomic E-state index is 12.6. The Balaban J connectivity index is 1.41. The Kier molecular flexibility index (Phi) is 4.81. The first kappa shape index (κ1) is 16.9. The third-order valence-corrected chi connectivity index (χ3v) is 5.43. The number of aryl methyl sites for hydroxylation is 1. The van der Waals surface area contributed by atoms with Gasteiger partial charge in [-0.25, -0.2) is 4.98 Å². The minimum atomic E-state index is -0.0968. The summed E-state index contributed by atoms with van der Waals surface area (Å²) in [4.78, 5) is 31.8. The molecule has 1 aliphatic heterocycles. The van der Waals surface area contributed by atoms with Crippen molar-refractivity contribution >= 4 is 27.5 Å². The zero-order valence-electron chi connectivity index (χ0n) is 14.2. The number of fused-ring (bicyclic) bond motifs is 1. The highest BCUT2D eigenvalue weighted by atomic mass is 32.1. The maximum Gasteiger partial charge on any atom is 0.262 e. The molecule has 1 aromatic carbocycles. The van der Waals surface area contributed by atoms with E-state index in [9.17, 15) is 9.59 Å². The van der Waals surface area contributed by atoms with Gasteiger partial charge in [-0.15, -0.1) is 11.3 Å². The zero-order valence-corrected chi connectivity index (χ0v) is 15.0. The lowest BCUT2D eigenvalue weighted by Gasteiger charge is -2.33. The topological polar surface area (TPSA) is 64.4 Å². The first-order chi connectivity index (χ1) is 12.7. The van der Waals surface area contributed by atoms with Crippen molar-refractivity contribution in [2.75, 3.05) is 19.7 Å². The minimum absolute atomic E-state index is 0.0338. The van der Waals surface area contributed by atoms with E-state index in [0.29, 0.717) is 31.6 Å². The number of ether oxygens (including phenoxy) is 1. The molecule has 0 N–H and O–H groups in total. The van der Waals surface area contributed by atoms with E-state index in [1.54, 1.807) is 6.07 Å². The Hall–Kier alpha value is -2.51. The number of morpholine rings is 1. The van der Waals surface area contributed by atoms with Crippen LogP contribution in [0.25, 0.3) is 10.2 Å². The van der Waals surface area contributed by atoms with Crippen LogP contribution in [-0.2, 0) is 16.1 Å². The van der Waals surface area contributed by atoms with Gasteiger partial charge in [-0.05, 0) is 17.0 Å². The van der Waals surface area contributed by atoms with Crippen molar-refractivity contribution in [3.8, 4) is 0 Å². The van der Waals surface area contributed by atoms with Crippen LogP contribution in [0.3, 0.4) is 0 Å². The largest absolute Gasteiger partial charge is 0.370 e. The average molecular weight is 369 g/mol. The molecule has 4 rings (SSSR count). The number of aromatic nitrogens is 2. The van der Waals surface area contributed by atoms with Crippen molar-refractivity contribution in [1.82, 2.24) is 14.5 Å². The number of amides is 1. The van der Waals surface area contributed by atoms with Crippen LogP contribution in [0.2, 0.25) is 0 Å². The normalized spacial score (nSPS) is 17.5. The van der Waals surface area contributed by atoms with Gasteiger partial charge in [0, 0.05) is 19.5 Å². The number of benzene rings is 1. The fourth-order valence-electron chi connectivity index (χ4n) is 3.17. The Morgan fingerprint density at radius 2 is 2.12 bits per heavy atom. The average Bonchev–Trinajstić information content (AvgIpc) is 3.18. The lowest BCUT2D eigenvalue weighted by Crippen LogP contribution is -2.42. The van der Waals surface area contributed by atoms with Crippen LogP contribution in [0, 0.1) is 0 Å². The molecule has 1 atom stereocenters. The maximum atomic E-state index is 12.6. The van der Waals surface area contributed by atoms with E-state index in [2.05, 4.69) is 4.98 Å². The summed E-state index contributed by atoms with van der Waals surface area (Å²) in [5.74, 6) is 0.0338. The third-order valence-electron chi connectivity index (χ3n) is 4.61. The number of nitrogens with zero attached hydrogens (tertiary/aromatic N) is 3. The van der Waals surface area contributed by atoms with E-state index in [4.69, 9.17) is 4.74 Å². The SMILES string of the molecule is O=C(CCn1cnc2sccc2c1=O)N1CCOC(c2ccccc2)C1. The molecule has 1 fully saturated rings. The molecule has 2 aromatic heterocycles. The summed E-state index contributed by atoms with van der Waals surface area (Å²) in [5, 5.41) is 2.46. The van der Waals surface area contributed by atoms with Gasteiger partial charge in [0.05, 0.1) is 24.9 Å². The number of hydrogen-bond acceptors (Lipinski definition) is 5. The van der Waals surface area contributed by atoms with E-state index < -0.39 is 0 Å². The summed E-state index contributed by atoms with van der Waals surface area (Å²) in [5.41, 5.74) is 0.988. The summed E-state index contributed by atoms with van der Waals surface area (Å²) >= 11 is 1.44. The molecule has 0 spiro atoms. The molecule has 26 heavy (non-hydrogen) atoms. The Morgan fingerprint density at radius 3 is 2.96 bits per heavy atom. The molecular formula is C19H19N3O3S. The predicted octanol–water partition coefficient (Wildman–Crippen LogP) is 2.45. The standard InChI is InChI=1S/C19H19N3O3S/c23-17(6-8-22-13-20-18-15(19(22)24)7-11-26-18)21-9-10-25-16(12-21)14-4-2-1-3-5-14/h1-5,7,11,13,16H,6,8-10,12H2. The van der Waals surface area contributed by atoms with Gasteiger partial charge in [0.1, 0.15) is 10.9 Å². The fraction of sp³-hybridized carbons (Fsp3) is 0.316. The van der Waals surface area contributed by atoms with Gasteiger partial charge in [0.15, 0.2) is 0 Å². The molecule has 1 aliphatic rings. The Labute approximate surface area is 154 Å². The van der Waals surface area contributed by atoms with Crippen molar-refractivity contribution in [3.63, 3.8) is 0 Å². The van der Waals surface area contributed by atoms with Crippen molar-refractivity contribution < 1.29 is 9.53 Å². The highest BCUT2D eigenvalue weighted by Crippen LogP contribution is 2.22. The van der Waals surface area contributed by atoms with Gasteiger partial charge in [-0.2, -0.15) is 0 Å². The van der Waals surface area contributed by atoms with Crippen LogP contribution >= 0.6 is 11.3 Å². The summed E-state index contributed by atoms with van der Waals surface area (Å²) < 4.78 is 7.32. The second-order valence-corrected chi connectivity index (χ2v) is 7.14. The highest BCUT2D eigenvalue weighted by Gasteiger charge is 2.25. The van der Waals surface area contributed by atoms with Crippen LogP contribution in [0.4, 0.5) is 0 Å². The summed E-state index contributed by atoms with van der Waals surface area (Å²) in [7, 11) is 0. The van der Waals surface area contributed by atoms with E-state index in [0.717, 1.165) is 10.4 Å². The fourth-order valence-corrected chi connectivity index (χ4v) is 3.90. The van der Waals surface area contributed by atoms with Gasteiger partial charge in [0.2, 0.25) is 5.91 Å². The van der Waals surface area contributed by atoms with E-state index in [1.807, 2.05) is 40.6 Å². The van der Waals surface area contributed by atoms with Crippen LogP contribution in [0.1, 0.15) is 18.1 Å². The lowest BCUT2D eigenvalue weighted by molar-refractivity contribution is -0.139. The molecule has 6 nitrogen and oxygen atoms in total. The van der Waals surface area contributed by atoms with Crippen molar-refractivity contribution in [2.45, 2.75) is 19.1 Å². The molecule has 1 unspecified atom stereocenters. The monoisotopic (exact) mass is 369 g/mol. The first-order valence-corrected chi connectivity index (χ1v) is 9.47. The number of hydrogen-bond donors (Lipinski definition) is 0. The van der Waals surface area contributed by atoms with Gasteiger partial charge in [0.25, 0.3) is 5.56 Å². The van der Waals surface area contributed by atoms with Crippen LogP contribution in [0.15, 0.2) is 52.9 Å². The predicted molar refractivity (Wildman–Crippen MR) is 100 cm³/mol. The van der Waals surface area contributed by atoms with Gasteiger partial charge in [-0.1, -0.05) is 30.3 Å². The summed E-state index contributed by atoms with van der Waals surface area (Å²) in [6.07, 6.45) is 1.71. The lowest BCUT2D eigenvalue weighted by atomic mass is 10.1. The molecule has 0 saturated carbocycles. The molecule has 0 aliphatic carbocycles. The second kappa shape index (κ2) is 7.39. The Bertz CT molecular complexity index is 967. The molecule has 3 aromatic rings. The van der Waals surface area contributed by atoms with Crippen molar-refractivity contribution in [1.29, 1.82) is 0 Å². The van der Waals surface area contributed by atoms with Crippen LogP contribution < -0.4 is 5.56 Å². The highest BCUT2D eigenvalue weighted by molar-refractivity contribution is 7.16. The molecule has 3 heterocycles. The van der Waals surface area contributed by atoms with Crippen LogP contribution in [-0.4, -0.2) is 40.1 Å². The van der Waals surface area contributed by atoms with Crippen LogP contribution in [0.5, 0.6) is 0 Å². The molecule has 134 valence electrons. The number of rotatable bonds is 4. The van der Waals surface area contributed by atoms with E-state index in [-0.39, 0.29) is 24.0 Å². The van der Waals surface area contributed by atoms with Gasteiger partial charge in [-0.3, -0.25) is 14.2 Å². The van der Waals surface area contributed by atoms with Crippen molar-refractivity contribution in [2.24, 2.45) is 0 Å². The molecule has 1 amide bonds.